The van der Waals surface area contributed by atoms with Crippen LogP contribution in [0.15, 0.2) is 55.1 Å². The molecule has 188 valence electrons. The number of aromatic amines is 2. The molecular weight excluding hydrogens is 468 g/mol. The number of hydrogen-bond donors (Lipinski definition) is 3. The molecule has 3 N–H and O–H groups in total. The maximum absolute atomic E-state index is 10.0. The van der Waals surface area contributed by atoms with E-state index in [0.717, 1.165) is 50.8 Å². The lowest BCUT2D eigenvalue weighted by atomic mass is 9.74. The lowest BCUT2D eigenvalue weighted by Crippen LogP contribution is -2.46. The number of phenols is 1. The Kier molecular flexibility index (Phi) is 5.90. The van der Waals surface area contributed by atoms with E-state index in [1.807, 2.05) is 12.1 Å². The summed E-state index contributed by atoms with van der Waals surface area (Å²) in [5.74, 6) is 1.41. The van der Waals surface area contributed by atoms with Crippen molar-refractivity contribution in [3.63, 3.8) is 0 Å². The third-order valence-electron chi connectivity index (χ3n) is 9.18. The molecule has 4 aromatic rings. The van der Waals surface area contributed by atoms with Crippen molar-refractivity contribution in [1.82, 2.24) is 19.8 Å². The second-order valence-corrected chi connectivity index (χ2v) is 10.9. The quantitative estimate of drug-likeness (QED) is 0.296. The number of para-hydroxylation sites is 1. The number of nitrogens with one attached hydrogen (secondary N) is 2. The van der Waals surface area contributed by atoms with E-state index >= 15 is 0 Å². The second kappa shape index (κ2) is 8.98. The molecule has 1 saturated heterocycles. The van der Waals surface area contributed by atoms with E-state index in [0.29, 0.717) is 29.7 Å². The predicted molar refractivity (Wildman–Crippen MR) is 149 cm³/mol. The maximum atomic E-state index is 10.0. The van der Waals surface area contributed by atoms with Crippen LogP contribution in [0.1, 0.15) is 47.4 Å². The summed E-state index contributed by atoms with van der Waals surface area (Å²) in [5.41, 5.74) is 8.10. The summed E-state index contributed by atoms with van der Waals surface area (Å²) in [7, 11) is 2.29. The monoisotopic (exact) mass is 502 g/mol. The molecule has 0 bridgehead atoms. The lowest BCUT2D eigenvalue weighted by Gasteiger charge is -2.47. The standard InChI is InChI=1S/C30H34N4O.ClH/c1-3-18-17-34-13-11-24-22-9-8-20(35)16-26(22)32-30(24)28(34)15-19(18)14-27-29-23(10-12-33(27)2)21-6-4-5-7-25(21)31-29;/h3-9,16,18-19,27-28,31-32,35H,1,10-15,17H2,2H3;1H/t18-,19-,27-,28-;/m0./s1. The van der Waals surface area contributed by atoms with Gasteiger partial charge in [0, 0.05) is 58.9 Å². The van der Waals surface area contributed by atoms with Crippen LogP contribution in [0.3, 0.4) is 0 Å². The van der Waals surface area contributed by atoms with Gasteiger partial charge in [0.2, 0.25) is 0 Å². The number of halogens is 1. The van der Waals surface area contributed by atoms with Crippen LogP contribution < -0.4 is 0 Å². The average Bonchev–Trinajstić information content (AvgIpc) is 3.43. The molecule has 7 rings (SSSR count). The zero-order valence-corrected chi connectivity index (χ0v) is 21.7. The van der Waals surface area contributed by atoms with Crippen LogP contribution in [0.4, 0.5) is 0 Å². The summed E-state index contributed by atoms with van der Waals surface area (Å²) in [5, 5.41) is 12.7. The minimum absolute atomic E-state index is 0. The maximum Gasteiger partial charge on any atom is 0.117 e. The summed E-state index contributed by atoms with van der Waals surface area (Å²) in [6, 6.07) is 15.4. The first kappa shape index (κ1) is 23.7. The number of fused-ring (bicyclic) bond motifs is 8. The van der Waals surface area contributed by atoms with Gasteiger partial charge >= 0.3 is 0 Å². The Labute approximate surface area is 218 Å². The molecule has 0 unspecified atom stereocenters. The van der Waals surface area contributed by atoms with Gasteiger partial charge in [-0.2, -0.15) is 0 Å². The number of aromatic nitrogens is 2. The van der Waals surface area contributed by atoms with E-state index in [4.69, 9.17) is 0 Å². The van der Waals surface area contributed by atoms with Gasteiger partial charge in [-0.3, -0.25) is 9.80 Å². The summed E-state index contributed by atoms with van der Waals surface area (Å²) in [4.78, 5) is 12.7. The van der Waals surface area contributed by atoms with E-state index in [1.54, 1.807) is 0 Å². The predicted octanol–water partition coefficient (Wildman–Crippen LogP) is 6.12. The molecule has 36 heavy (non-hydrogen) atoms. The number of rotatable bonds is 3. The van der Waals surface area contributed by atoms with Crippen molar-refractivity contribution >= 4 is 34.2 Å². The minimum Gasteiger partial charge on any atom is -0.508 e. The summed E-state index contributed by atoms with van der Waals surface area (Å²) < 4.78 is 0. The number of nitrogens with zero attached hydrogens (tertiary/aromatic N) is 2. The Hall–Kier alpha value is -2.73. The number of piperidine rings is 1. The molecule has 0 amide bonds. The van der Waals surface area contributed by atoms with Gasteiger partial charge in [0.25, 0.3) is 0 Å². The van der Waals surface area contributed by atoms with Crippen molar-refractivity contribution in [3.8, 4) is 5.75 Å². The van der Waals surface area contributed by atoms with Crippen LogP contribution in [0, 0.1) is 11.8 Å². The molecule has 3 aliphatic rings. The van der Waals surface area contributed by atoms with Crippen LogP contribution in [-0.2, 0) is 12.8 Å². The SMILES string of the molecule is C=C[C@H]1CN2CCc3c([nH]c4cc(O)ccc34)[C@@H]2C[C@@H]1C[C@H]1c2[nH]c3ccccc3c2CCN1C.Cl. The highest BCUT2D eigenvalue weighted by Gasteiger charge is 2.41. The highest BCUT2D eigenvalue weighted by atomic mass is 35.5. The van der Waals surface area contributed by atoms with Gasteiger partial charge in [-0.1, -0.05) is 24.3 Å². The van der Waals surface area contributed by atoms with E-state index in [-0.39, 0.29) is 12.4 Å². The molecule has 0 saturated carbocycles. The first-order valence-electron chi connectivity index (χ1n) is 13.1. The van der Waals surface area contributed by atoms with E-state index in [1.165, 1.54) is 38.8 Å². The normalized spacial score (nSPS) is 26.2. The Morgan fingerprint density at radius 3 is 2.61 bits per heavy atom. The first-order chi connectivity index (χ1) is 17.1. The van der Waals surface area contributed by atoms with Crippen LogP contribution in [0.25, 0.3) is 21.8 Å². The molecule has 6 heteroatoms. The number of hydrogen-bond acceptors (Lipinski definition) is 3. The average molecular weight is 503 g/mol. The van der Waals surface area contributed by atoms with Crippen molar-refractivity contribution in [1.29, 1.82) is 0 Å². The molecule has 4 atom stereocenters. The Bertz CT molecular complexity index is 1440. The molecular formula is C30H35ClN4O. The zero-order valence-electron chi connectivity index (χ0n) is 20.8. The van der Waals surface area contributed by atoms with Crippen molar-refractivity contribution in [2.75, 3.05) is 26.7 Å². The fourth-order valence-corrected chi connectivity index (χ4v) is 7.34. The van der Waals surface area contributed by atoms with Gasteiger partial charge < -0.3 is 15.1 Å². The number of benzene rings is 2. The molecule has 2 aromatic carbocycles. The number of phenolic OH excluding ortho intramolecular Hbond substituents is 1. The topological polar surface area (TPSA) is 58.3 Å². The lowest BCUT2D eigenvalue weighted by molar-refractivity contribution is 0.0515. The fourth-order valence-electron chi connectivity index (χ4n) is 7.34. The van der Waals surface area contributed by atoms with Gasteiger partial charge in [-0.25, -0.2) is 0 Å². The van der Waals surface area contributed by atoms with Gasteiger partial charge in [0.15, 0.2) is 0 Å². The fraction of sp³-hybridized carbons (Fsp3) is 0.400. The third-order valence-corrected chi connectivity index (χ3v) is 9.18. The molecule has 0 radical (unpaired) electrons. The van der Waals surface area contributed by atoms with E-state index < -0.39 is 0 Å². The smallest absolute Gasteiger partial charge is 0.117 e. The van der Waals surface area contributed by atoms with Crippen molar-refractivity contribution in [2.24, 2.45) is 11.8 Å². The molecule has 0 spiro atoms. The van der Waals surface area contributed by atoms with E-state index in [2.05, 4.69) is 69.8 Å². The van der Waals surface area contributed by atoms with Crippen LogP contribution in [-0.4, -0.2) is 51.6 Å². The second-order valence-electron chi connectivity index (χ2n) is 10.9. The Morgan fingerprint density at radius 2 is 1.75 bits per heavy atom. The summed E-state index contributed by atoms with van der Waals surface area (Å²) >= 11 is 0. The van der Waals surface area contributed by atoms with E-state index in [9.17, 15) is 5.11 Å². The van der Waals surface area contributed by atoms with Gasteiger partial charge in [0.1, 0.15) is 5.75 Å². The Balaban J connectivity index is 0.00000240. The minimum atomic E-state index is 0. The third kappa shape index (κ3) is 3.60. The zero-order chi connectivity index (χ0) is 23.7. The van der Waals surface area contributed by atoms with Crippen LogP contribution >= 0.6 is 12.4 Å². The van der Waals surface area contributed by atoms with Crippen molar-refractivity contribution < 1.29 is 5.11 Å². The number of aromatic hydroxyl groups is 1. The van der Waals surface area contributed by atoms with Crippen LogP contribution in [0.5, 0.6) is 5.75 Å². The molecule has 0 aliphatic carbocycles. The molecule has 5 heterocycles. The summed E-state index contributed by atoms with van der Waals surface area (Å²) in [6.45, 7) is 7.55. The van der Waals surface area contributed by atoms with Gasteiger partial charge in [0.05, 0.1) is 12.1 Å². The molecule has 1 fully saturated rings. The van der Waals surface area contributed by atoms with Gasteiger partial charge in [-0.15, -0.1) is 19.0 Å². The van der Waals surface area contributed by atoms with Gasteiger partial charge in [-0.05, 0) is 73.9 Å². The number of H-pyrrole nitrogens is 2. The molecule has 5 nitrogen and oxygen atoms in total. The number of likely N-dealkylation sites (N-methyl/N-ethyl adjacent to an activating group) is 1. The molecule has 3 aliphatic heterocycles. The first-order valence-corrected chi connectivity index (χ1v) is 13.1. The van der Waals surface area contributed by atoms with Crippen molar-refractivity contribution in [3.05, 3.63) is 77.6 Å². The molecule has 2 aromatic heterocycles. The largest absolute Gasteiger partial charge is 0.508 e. The Morgan fingerprint density at radius 1 is 1.00 bits per heavy atom. The highest BCUT2D eigenvalue weighted by molar-refractivity contribution is 5.87. The summed E-state index contributed by atoms with van der Waals surface area (Å²) in [6.07, 6.45) is 6.68. The van der Waals surface area contributed by atoms with Crippen LogP contribution in [0.2, 0.25) is 0 Å². The highest BCUT2D eigenvalue weighted by Crippen LogP contribution is 2.47. The van der Waals surface area contributed by atoms with Crippen molar-refractivity contribution in [2.45, 2.75) is 37.8 Å².